The SMILES string of the molecule is C#Cc1nc(C)c(CC(=O)OC(C)C)c(N2CCC(C)(C)CC2)c1-c1ccc(OCCc2ccc(F)cc2)cc1. The van der Waals surface area contributed by atoms with Crippen LogP contribution in [0.5, 0.6) is 5.75 Å². The summed E-state index contributed by atoms with van der Waals surface area (Å²) in [6, 6.07) is 14.3. The highest BCUT2D eigenvalue weighted by atomic mass is 19.1. The Morgan fingerprint density at radius 1 is 1.10 bits per heavy atom. The van der Waals surface area contributed by atoms with Crippen LogP contribution in [0.25, 0.3) is 11.1 Å². The minimum atomic E-state index is -0.275. The first-order chi connectivity index (χ1) is 19.1. The van der Waals surface area contributed by atoms with Crippen molar-refractivity contribution in [3.63, 3.8) is 0 Å². The molecule has 2 aromatic carbocycles. The molecule has 6 heteroatoms. The van der Waals surface area contributed by atoms with Crippen molar-refractivity contribution in [2.24, 2.45) is 5.41 Å². The highest BCUT2D eigenvalue weighted by molar-refractivity contribution is 5.88. The summed E-state index contributed by atoms with van der Waals surface area (Å²) in [6.45, 7) is 12.4. The Bertz CT molecular complexity index is 1360. The molecule has 1 aromatic heterocycles. The number of nitrogens with zero attached hydrogens (tertiary/aromatic N) is 2. The second kappa shape index (κ2) is 12.6. The fourth-order valence-electron chi connectivity index (χ4n) is 5.10. The fraction of sp³-hybridized carbons (Fsp3) is 0.412. The first-order valence-electron chi connectivity index (χ1n) is 14.0. The zero-order chi connectivity index (χ0) is 28.9. The molecule has 0 radical (unpaired) electrons. The molecule has 4 rings (SSSR count). The number of pyridine rings is 1. The van der Waals surface area contributed by atoms with Gasteiger partial charge in [-0.1, -0.05) is 38.1 Å². The van der Waals surface area contributed by atoms with E-state index in [0.29, 0.717) is 18.7 Å². The summed E-state index contributed by atoms with van der Waals surface area (Å²) >= 11 is 0. The van der Waals surface area contributed by atoms with Crippen molar-refractivity contribution in [2.75, 3.05) is 24.6 Å². The summed E-state index contributed by atoms with van der Waals surface area (Å²) in [5, 5.41) is 0. The van der Waals surface area contributed by atoms with E-state index in [1.165, 1.54) is 12.1 Å². The van der Waals surface area contributed by atoms with Crippen molar-refractivity contribution in [1.29, 1.82) is 0 Å². The Hall–Kier alpha value is -3.85. The van der Waals surface area contributed by atoms with Gasteiger partial charge in [0.1, 0.15) is 17.3 Å². The van der Waals surface area contributed by atoms with E-state index in [1.807, 2.05) is 45.0 Å². The van der Waals surface area contributed by atoms with E-state index in [0.717, 1.165) is 65.3 Å². The van der Waals surface area contributed by atoms with Crippen LogP contribution in [0.3, 0.4) is 0 Å². The molecule has 0 N–H and O–H groups in total. The number of carbonyl (C=O) groups is 1. The second-order valence-electron chi connectivity index (χ2n) is 11.5. The summed E-state index contributed by atoms with van der Waals surface area (Å²) in [7, 11) is 0. The average molecular weight is 543 g/mol. The average Bonchev–Trinajstić information content (AvgIpc) is 2.91. The molecular weight excluding hydrogens is 503 g/mol. The molecule has 40 heavy (non-hydrogen) atoms. The standard InChI is InChI=1S/C34H39FN2O3/c1-7-30-32(26-10-14-28(15-11-26)39-21-16-25-8-12-27(35)13-9-25)33(37-19-17-34(5,6)18-20-37)29(24(4)36-30)22-31(38)40-23(2)3/h1,8-15,23H,16-22H2,2-6H3. The van der Waals surface area contributed by atoms with E-state index in [2.05, 4.69) is 24.7 Å². The summed E-state index contributed by atoms with van der Waals surface area (Å²) < 4.78 is 24.7. The normalized spacial score (nSPS) is 14.6. The quantitative estimate of drug-likeness (QED) is 0.217. The van der Waals surface area contributed by atoms with E-state index in [4.69, 9.17) is 20.9 Å². The molecule has 0 aliphatic carbocycles. The lowest BCUT2D eigenvalue weighted by Crippen LogP contribution is -2.38. The maximum atomic E-state index is 13.2. The molecule has 2 heterocycles. The highest BCUT2D eigenvalue weighted by Crippen LogP contribution is 2.42. The number of hydrogen-bond acceptors (Lipinski definition) is 5. The minimum Gasteiger partial charge on any atom is -0.493 e. The van der Waals surface area contributed by atoms with Gasteiger partial charge in [0.25, 0.3) is 0 Å². The zero-order valence-electron chi connectivity index (χ0n) is 24.2. The summed E-state index contributed by atoms with van der Waals surface area (Å²) in [6.07, 6.45) is 8.70. The number of aromatic nitrogens is 1. The van der Waals surface area contributed by atoms with Gasteiger partial charge in [-0.3, -0.25) is 4.79 Å². The summed E-state index contributed by atoms with van der Waals surface area (Å²) in [4.78, 5) is 20.0. The molecule has 0 amide bonds. The van der Waals surface area contributed by atoms with Crippen molar-refractivity contribution in [1.82, 2.24) is 4.98 Å². The molecule has 1 saturated heterocycles. The van der Waals surface area contributed by atoms with Gasteiger partial charge < -0.3 is 14.4 Å². The van der Waals surface area contributed by atoms with Gasteiger partial charge in [-0.15, -0.1) is 6.42 Å². The Balaban J connectivity index is 1.67. The lowest BCUT2D eigenvalue weighted by atomic mass is 9.82. The Kier molecular flexibility index (Phi) is 9.14. The third-order valence-corrected chi connectivity index (χ3v) is 7.45. The monoisotopic (exact) mass is 542 g/mol. The van der Waals surface area contributed by atoms with Crippen LogP contribution in [0, 0.1) is 30.5 Å². The maximum absolute atomic E-state index is 13.2. The molecular formula is C34H39FN2O3. The van der Waals surface area contributed by atoms with Gasteiger partial charge in [-0.2, -0.15) is 0 Å². The molecule has 1 aliphatic heterocycles. The molecule has 0 saturated carbocycles. The van der Waals surface area contributed by atoms with Gasteiger partial charge in [0.05, 0.1) is 24.8 Å². The van der Waals surface area contributed by atoms with Crippen LogP contribution in [-0.2, 0) is 22.4 Å². The van der Waals surface area contributed by atoms with Gasteiger partial charge in [0.2, 0.25) is 0 Å². The smallest absolute Gasteiger partial charge is 0.310 e. The van der Waals surface area contributed by atoms with Crippen molar-refractivity contribution >= 4 is 11.7 Å². The van der Waals surface area contributed by atoms with Crippen LogP contribution in [0.4, 0.5) is 10.1 Å². The van der Waals surface area contributed by atoms with E-state index in [9.17, 15) is 9.18 Å². The molecule has 3 aromatic rings. The number of benzene rings is 2. The summed E-state index contributed by atoms with van der Waals surface area (Å²) in [5.74, 6) is 3.01. The molecule has 1 aliphatic rings. The highest BCUT2D eigenvalue weighted by Gasteiger charge is 2.31. The number of ether oxygens (including phenoxy) is 2. The number of carbonyl (C=O) groups excluding carboxylic acids is 1. The second-order valence-corrected chi connectivity index (χ2v) is 11.5. The Labute approximate surface area is 237 Å². The van der Waals surface area contributed by atoms with Gasteiger partial charge in [0.15, 0.2) is 0 Å². The van der Waals surface area contributed by atoms with Crippen molar-refractivity contribution in [3.05, 3.63) is 76.9 Å². The number of esters is 1. The minimum absolute atomic E-state index is 0.134. The van der Waals surface area contributed by atoms with Crippen molar-refractivity contribution in [3.8, 4) is 29.2 Å². The van der Waals surface area contributed by atoms with E-state index in [-0.39, 0.29) is 29.7 Å². The first-order valence-corrected chi connectivity index (χ1v) is 14.0. The fourth-order valence-corrected chi connectivity index (χ4v) is 5.10. The Morgan fingerprint density at radius 2 is 1.75 bits per heavy atom. The predicted octanol–water partition coefficient (Wildman–Crippen LogP) is 6.92. The number of rotatable bonds is 9. The predicted molar refractivity (Wildman–Crippen MR) is 158 cm³/mol. The van der Waals surface area contributed by atoms with Crippen molar-refractivity contribution in [2.45, 2.75) is 66.4 Å². The van der Waals surface area contributed by atoms with Gasteiger partial charge >= 0.3 is 5.97 Å². The van der Waals surface area contributed by atoms with Crippen LogP contribution in [0.2, 0.25) is 0 Å². The lowest BCUT2D eigenvalue weighted by molar-refractivity contribution is -0.146. The van der Waals surface area contributed by atoms with Gasteiger partial charge in [-0.25, -0.2) is 9.37 Å². The number of halogens is 1. The van der Waals surface area contributed by atoms with Crippen LogP contribution in [0.1, 0.15) is 63.1 Å². The van der Waals surface area contributed by atoms with E-state index < -0.39 is 0 Å². The number of hydrogen-bond donors (Lipinski definition) is 0. The third kappa shape index (κ3) is 7.21. The Morgan fingerprint density at radius 3 is 2.35 bits per heavy atom. The zero-order valence-corrected chi connectivity index (χ0v) is 24.2. The maximum Gasteiger partial charge on any atom is 0.310 e. The number of aryl methyl sites for hydroxylation is 1. The molecule has 0 spiro atoms. The molecule has 0 bridgehead atoms. The molecule has 210 valence electrons. The van der Waals surface area contributed by atoms with Crippen LogP contribution >= 0.6 is 0 Å². The van der Waals surface area contributed by atoms with Crippen LogP contribution in [0.15, 0.2) is 48.5 Å². The van der Waals surface area contributed by atoms with E-state index >= 15 is 0 Å². The third-order valence-electron chi connectivity index (χ3n) is 7.45. The summed E-state index contributed by atoms with van der Waals surface area (Å²) in [5.41, 5.74) is 6.20. The van der Waals surface area contributed by atoms with Gasteiger partial charge in [0, 0.05) is 36.3 Å². The number of anilines is 1. The number of terminal acetylenes is 1. The molecule has 1 fully saturated rings. The number of piperidine rings is 1. The van der Waals surface area contributed by atoms with Crippen LogP contribution in [-0.4, -0.2) is 36.8 Å². The van der Waals surface area contributed by atoms with Crippen LogP contribution < -0.4 is 9.64 Å². The molecule has 0 atom stereocenters. The van der Waals surface area contributed by atoms with E-state index in [1.54, 1.807) is 12.1 Å². The lowest BCUT2D eigenvalue weighted by Gasteiger charge is -2.40. The van der Waals surface area contributed by atoms with Gasteiger partial charge in [-0.05, 0) is 80.3 Å². The first kappa shape index (κ1) is 29.1. The molecule has 0 unspecified atom stereocenters. The van der Waals surface area contributed by atoms with Crippen molar-refractivity contribution < 1.29 is 18.7 Å². The topological polar surface area (TPSA) is 51.7 Å². The largest absolute Gasteiger partial charge is 0.493 e. The molecule has 5 nitrogen and oxygen atoms in total.